The van der Waals surface area contributed by atoms with Crippen LogP contribution in [-0.2, 0) is 11.8 Å². The third-order valence-corrected chi connectivity index (χ3v) is 0. The van der Waals surface area contributed by atoms with Gasteiger partial charge in [-0.2, -0.15) is 11.8 Å². The molecule has 36 valence electrons. The van der Waals surface area contributed by atoms with Crippen molar-refractivity contribution in [3.8, 4) is 0 Å². The summed E-state index contributed by atoms with van der Waals surface area (Å²) in [6.07, 6.45) is 0. The standard InChI is InChI=1S/H3O3PS.Pb/c1-4(2,3)5;/h(H3,1,2,3,5);/p-3. The zero-order valence-electron chi connectivity index (χ0n) is 2.58. The van der Waals surface area contributed by atoms with Crippen molar-refractivity contribution in [3.05, 3.63) is 0 Å². The Balaban J connectivity index is 0. The van der Waals surface area contributed by atoms with E-state index < -0.39 is 6.72 Å². The Hall–Kier alpha value is 1.45. The van der Waals surface area contributed by atoms with Crippen LogP contribution >= 0.6 is 6.72 Å². The summed E-state index contributed by atoms with van der Waals surface area (Å²) in [7, 11) is 0. The maximum Gasteiger partial charge on any atom is 0 e. The fourth-order valence-corrected chi connectivity index (χ4v) is 0. The molecule has 6 heavy (non-hydrogen) atoms. The van der Waals surface area contributed by atoms with Crippen molar-refractivity contribution in [1.82, 2.24) is 0 Å². The molecule has 0 saturated heterocycles. The van der Waals surface area contributed by atoms with Gasteiger partial charge in [-0.15, -0.1) is 0 Å². The van der Waals surface area contributed by atoms with E-state index in [1.54, 1.807) is 0 Å². The fraction of sp³-hybridized carbons (Fsp3) is 0. The molecule has 0 aliphatic heterocycles. The van der Waals surface area contributed by atoms with Crippen LogP contribution in [0.3, 0.4) is 0 Å². The Bertz CT molecular complexity index is 56.9. The van der Waals surface area contributed by atoms with Crippen molar-refractivity contribution in [2.24, 2.45) is 0 Å². The van der Waals surface area contributed by atoms with E-state index in [2.05, 4.69) is 11.8 Å². The van der Waals surface area contributed by atoms with E-state index >= 15 is 0 Å². The molecule has 0 heterocycles. The number of rotatable bonds is 0. The third kappa shape index (κ3) is 51.3. The van der Waals surface area contributed by atoms with Gasteiger partial charge < -0.3 is 21.4 Å². The molecule has 6 heteroatoms. The molecule has 0 aromatic carbocycles. The first kappa shape index (κ1) is 10.4. The van der Waals surface area contributed by atoms with Crippen molar-refractivity contribution in [2.75, 3.05) is 0 Å². The van der Waals surface area contributed by atoms with Crippen molar-refractivity contribution >= 4 is 45.8 Å². The Labute approximate surface area is 60.4 Å². The van der Waals surface area contributed by atoms with Crippen LogP contribution in [-0.4, -0.2) is 27.3 Å². The molecule has 0 unspecified atom stereocenters. The summed E-state index contributed by atoms with van der Waals surface area (Å²) in [4.78, 5) is 26.8. The average molecular weight is 318 g/mol. The van der Waals surface area contributed by atoms with Gasteiger partial charge >= 0.3 is 0 Å². The minimum absolute atomic E-state index is 0. The monoisotopic (exact) mass is 319 g/mol. The molecule has 0 bridgehead atoms. The van der Waals surface area contributed by atoms with E-state index in [0.29, 0.717) is 0 Å². The van der Waals surface area contributed by atoms with Crippen LogP contribution < -0.4 is 14.7 Å². The zero-order valence-corrected chi connectivity index (χ0v) is 8.18. The molecular formula is O3PPbS-3. The first-order valence-corrected chi connectivity index (χ1v) is 3.29. The van der Waals surface area contributed by atoms with Gasteiger partial charge in [-0.05, 0) is 0 Å². The molecule has 3 nitrogen and oxygen atoms in total. The molecule has 0 spiro atoms. The van der Waals surface area contributed by atoms with Gasteiger partial charge in [-0.3, -0.25) is 0 Å². The molecule has 0 aromatic heterocycles. The quantitative estimate of drug-likeness (QED) is 0.351. The van der Waals surface area contributed by atoms with E-state index in [9.17, 15) is 0 Å². The van der Waals surface area contributed by atoms with Gasteiger partial charge in [-0.25, -0.2) is 0 Å². The minimum atomic E-state index is -4.56. The molecular weight excluding hydrogens is 318 g/mol. The Kier molecular flexibility index (Phi) is 6.01. The second kappa shape index (κ2) is 3.45. The maximum atomic E-state index is 8.92. The van der Waals surface area contributed by atoms with E-state index in [1.165, 1.54) is 0 Å². The molecule has 0 aliphatic carbocycles. The fourth-order valence-electron chi connectivity index (χ4n) is 0. The molecule has 0 amide bonds. The van der Waals surface area contributed by atoms with Crippen LogP contribution in [0.4, 0.5) is 0 Å². The minimum Gasteiger partial charge on any atom is -0.844 e. The Morgan fingerprint density at radius 1 is 1.17 bits per heavy atom. The summed E-state index contributed by atoms with van der Waals surface area (Å²) in [5, 5.41) is 0. The predicted molar refractivity (Wildman–Crippen MR) is 20.0 cm³/mol. The molecule has 0 saturated carbocycles. The van der Waals surface area contributed by atoms with Crippen molar-refractivity contribution in [3.63, 3.8) is 0 Å². The maximum absolute atomic E-state index is 8.92. The van der Waals surface area contributed by atoms with Gasteiger partial charge in [-0.1, -0.05) is 0 Å². The zero-order chi connectivity index (χ0) is 4.50. The van der Waals surface area contributed by atoms with E-state index in [0.717, 1.165) is 0 Å². The predicted octanol–water partition coefficient (Wildman–Crippen LogP) is -3.09. The first-order valence-electron chi connectivity index (χ1n) is 0.730. The van der Waals surface area contributed by atoms with Gasteiger partial charge in [0.15, 0.2) is 0 Å². The van der Waals surface area contributed by atoms with Crippen LogP contribution in [0.2, 0.25) is 0 Å². The smallest absolute Gasteiger partial charge is 0 e. The van der Waals surface area contributed by atoms with Gasteiger partial charge in [0.2, 0.25) is 0 Å². The molecule has 0 fully saturated rings. The van der Waals surface area contributed by atoms with Gasteiger partial charge in [0, 0.05) is 27.3 Å². The first-order chi connectivity index (χ1) is 2.00. The Morgan fingerprint density at radius 2 is 1.17 bits per heavy atom. The van der Waals surface area contributed by atoms with E-state index in [4.69, 9.17) is 14.7 Å². The number of hydrogen-bond donors (Lipinski definition) is 0. The van der Waals surface area contributed by atoms with Crippen LogP contribution in [0.1, 0.15) is 0 Å². The van der Waals surface area contributed by atoms with E-state index in [-0.39, 0.29) is 27.3 Å². The molecule has 0 aromatic rings. The second-order valence-corrected chi connectivity index (χ2v) is 2.68. The van der Waals surface area contributed by atoms with Crippen molar-refractivity contribution in [1.29, 1.82) is 0 Å². The summed E-state index contributed by atoms with van der Waals surface area (Å²) in [5.41, 5.74) is 0. The molecule has 4 radical (unpaired) electrons. The summed E-state index contributed by atoms with van der Waals surface area (Å²) in [6.45, 7) is -4.56. The molecule has 0 atom stereocenters. The summed E-state index contributed by atoms with van der Waals surface area (Å²) in [5.74, 6) is 0. The van der Waals surface area contributed by atoms with E-state index in [1.807, 2.05) is 0 Å². The summed E-state index contributed by atoms with van der Waals surface area (Å²) in [6, 6.07) is 0. The van der Waals surface area contributed by atoms with Crippen LogP contribution in [0.15, 0.2) is 0 Å². The number of hydrogen-bond acceptors (Lipinski definition) is 4. The summed E-state index contributed by atoms with van der Waals surface area (Å²) >= 11 is 3.27. The van der Waals surface area contributed by atoms with Gasteiger partial charge in [0.25, 0.3) is 0 Å². The average Bonchev–Trinajstić information content (AvgIpc) is 0.722. The van der Waals surface area contributed by atoms with Gasteiger partial charge in [0.1, 0.15) is 0 Å². The topological polar surface area (TPSA) is 69.2 Å². The van der Waals surface area contributed by atoms with Crippen LogP contribution in [0.5, 0.6) is 0 Å². The van der Waals surface area contributed by atoms with Crippen LogP contribution in [0, 0.1) is 0 Å². The molecule has 0 aliphatic rings. The van der Waals surface area contributed by atoms with Gasteiger partial charge in [0.05, 0.1) is 0 Å². The third-order valence-electron chi connectivity index (χ3n) is 0. The normalized spacial score (nSPS) is 9.83. The molecule has 0 N–H and O–H groups in total. The van der Waals surface area contributed by atoms with Crippen molar-refractivity contribution in [2.45, 2.75) is 0 Å². The SMILES string of the molecule is [O-]P([O-])([O-])=S.[Pb]. The molecule has 0 rings (SSSR count). The summed E-state index contributed by atoms with van der Waals surface area (Å²) < 4.78 is 0. The van der Waals surface area contributed by atoms with Crippen LogP contribution in [0.25, 0.3) is 0 Å². The Morgan fingerprint density at radius 3 is 1.17 bits per heavy atom. The second-order valence-electron chi connectivity index (χ2n) is 0.447. The van der Waals surface area contributed by atoms with Crippen molar-refractivity contribution < 1.29 is 14.7 Å². The largest absolute Gasteiger partial charge is 0.844 e.